The van der Waals surface area contributed by atoms with Gasteiger partial charge in [0, 0.05) is 7.05 Å². The molecule has 37 heavy (non-hydrogen) atoms. The first-order chi connectivity index (χ1) is 17.9. The van der Waals surface area contributed by atoms with E-state index in [0.29, 0.717) is 11.7 Å². The van der Waals surface area contributed by atoms with Crippen LogP contribution in [0.15, 0.2) is 24.3 Å². The Bertz CT molecular complexity index is 693. The van der Waals surface area contributed by atoms with Crippen molar-refractivity contribution in [2.45, 2.75) is 149 Å². The maximum absolute atomic E-state index is 12.6. The molecule has 0 spiro atoms. The van der Waals surface area contributed by atoms with Crippen molar-refractivity contribution in [2.75, 3.05) is 13.5 Å². The van der Waals surface area contributed by atoms with E-state index in [1.807, 2.05) is 0 Å². The van der Waals surface area contributed by atoms with Crippen LogP contribution in [-0.4, -0.2) is 32.7 Å². The van der Waals surface area contributed by atoms with Crippen LogP contribution >= 0.6 is 0 Å². The largest absolute Gasteiger partial charge is 0.358 e. The Labute approximate surface area is 232 Å². The highest BCUT2D eigenvalue weighted by atomic mass is 16.2. The van der Waals surface area contributed by atoms with Gasteiger partial charge in [-0.2, -0.15) is 0 Å². The number of rotatable bonds is 23. The van der Waals surface area contributed by atoms with E-state index in [1.54, 1.807) is 7.05 Å². The zero-order valence-corrected chi connectivity index (χ0v) is 25.4. The summed E-state index contributed by atoms with van der Waals surface area (Å²) < 4.78 is 0. The minimum absolute atomic E-state index is 0.0775. The fraction of sp³-hybridized carbons (Fsp3) is 0.788. The summed E-state index contributed by atoms with van der Waals surface area (Å²) in [5.41, 5.74) is 2.74. The van der Waals surface area contributed by atoms with E-state index in [2.05, 4.69) is 76.8 Å². The molecular weight excluding hydrogens is 451 g/mol. The second-order valence-electron chi connectivity index (χ2n) is 11.8. The summed E-state index contributed by atoms with van der Waals surface area (Å²) in [6, 6.07) is 8.91. The number of carbonyl (C=O) groups excluding carboxylic acids is 1. The molecule has 0 aliphatic rings. The monoisotopic (exact) mass is 511 g/mol. The van der Waals surface area contributed by atoms with Gasteiger partial charge in [-0.3, -0.25) is 4.79 Å². The highest BCUT2D eigenvalue weighted by molar-refractivity contribution is 6.37. The lowest BCUT2D eigenvalue weighted by atomic mass is 9.63. The van der Waals surface area contributed by atoms with E-state index in [0.717, 1.165) is 18.8 Å². The minimum Gasteiger partial charge on any atom is -0.358 e. The molecule has 0 fully saturated rings. The van der Waals surface area contributed by atoms with Crippen molar-refractivity contribution in [3.8, 4) is 0 Å². The maximum atomic E-state index is 12.6. The summed E-state index contributed by atoms with van der Waals surface area (Å²) in [7, 11) is 4.05. The molecule has 1 amide bonds. The Balaban J connectivity index is 2.61. The number of nitrogens with one attached hydrogen (secondary N) is 2. The van der Waals surface area contributed by atoms with Crippen LogP contribution in [0.4, 0.5) is 0 Å². The van der Waals surface area contributed by atoms with Crippen molar-refractivity contribution in [2.24, 2.45) is 5.92 Å². The molecule has 211 valence electrons. The first kappa shape index (κ1) is 33.7. The quantitative estimate of drug-likeness (QED) is 0.114. The van der Waals surface area contributed by atoms with Gasteiger partial charge in [-0.1, -0.05) is 142 Å². The number of hydrogen-bond acceptors (Lipinski definition) is 2. The average molecular weight is 512 g/mol. The summed E-state index contributed by atoms with van der Waals surface area (Å²) in [5, 5.41) is 6.35. The van der Waals surface area contributed by atoms with Gasteiger partial charge in [0.05, 0.1) is 6.04 Å². The van der Waals surface area contributed by atoms with Crippen molar-refractivity contribution in [1.82, 2.24) is 10.6 Å². The van der Waals surface area contributed by atoms with Gasteiger partial charge in [0.25, 0.3) is 0 Å². The van der Waals surface area contributed by atoms with Gasteiger partial charge in [0.15, 0.2) is 0 Å². The van der Waals surface area contributed by atoms with E-state index >= 15 is 0 Å². The second-order valence-corrected chi connectivity index (χ2v) is 11.8. The van der Waals surface area contributed by atoms with Crippen molar-refractivity contribution < 1.29 is 4.79 Å². The summed E-state index contributed by atoms with van der Waals surface area (Å²) in [4.78, 5) is 12.6. The summed E-state index contributed by atoms with van der Waals surface area (Å²) in [6.07, 6.45) is 20.1. The first-order valence-electron chi connectivity index (χ1n) is 15.8. The molecule has 0 saturated carbocycles. The Morgan fingerprint density at radius 3 is 2.11 bits per heavy atom. The Morgan fingerprint density at radius 1 is 0.838 bits per heavy atom. The maximum Gasteiger partial charge on any atom is 0.237 e. The third-order valence-corrected chi connectivity index (χ3v) is 7.79. The average Bonchev–Trinajstić information content (AvgIpc) is 2.88. The lowest BCUT2D eigenvalue weighted by Gasteiger charge is -2.21. The molecule has 1 radical (unpaired) electrons. The highest BCUT2D eigenvalue weighted by Crippen LogP contribution is 2.29. The van der Waals surface area contributed by atoms with Gasteiger partial charge in [-0.05, 0) is 48.7 Å². The molecule has 1 aromatic rings. The molecule has 0 aromatic heterocycles. The van der Waals surface area contributed by atoms with Crippen LogP contribution in [0.2, 0.25) is 5.82 Å². The van der Waals surface area contributed by atoms with E-state index in [9.17, 15) is 4.79 Å². The molecule has 1 aromatic carbocycles. The Morgan fingerprint density at radius 2 is 1.49 bits per heavy atom. The van der Waals surface area contributed by atoms with E-state index < -0.39 is 0 Å². The molecule has 0 heterocycles. The molecule has 0 bridgehead atoms. The van der Waals surface area contributed by atoms with Crippen molar-refractivity contribution in [3.05, 3.63) is 35.4 Å². The van der Waals surface area contributed by atoms with Gasteiger partial charge < -0.3 is 10.6 Å². The van der Waals surface area contributed by atoms with Gasteiger partial charge >= 0.3 is 0 Å². The molecule has 0 saturated heterocycles. The van der Waals surface area contributed by atoms with E-state index in [1.165, 1.54) is 101 Å². The van der Waals surface area contributed by atoms with Crippen LogP contribution in [-0.2, 0) is 11.2 Å². The molecular formula is C33H60BN2O. The number of benzene rings is 1. The predicted octanol–water partition coefficient (Wildman–Crippen LogP) is 8.64. The zero-order chi connectivity index (χ0) is 27.3. The van der Waals surface area contributed by atoms with Crippen molar-refractivity contribution >= 4 is 13.2 Å². The number of hydrogen-bond donors (Lipinski definition) is 2. The van der Waals surface area contributed by atoms with Crippen LogP contribution < -0.4 is 10.6 Å². The zero-order valence-electron chi connectivity index (χ0n) is 25.4. The fourth-order valence-corrected chi connectivity index (χ4v) is 5.38. The summed E-state index contributed by atoms with van der Waals surface area (Å²) in [5.74, 6) is 2.15. The third-order valence-electron chi connectivity index (χ3n) is 7.79. The number of unbranched alkanes of at least 4 members (excludes halogenated alkanes) is 7. The summed E-state index contributed by atoms with van der Waals surface area (Å²) >= 11 is 0. The Hall–Kier alpha value is -1.29. The molecule has 0 aliphatic carbocycles. The van der Waals surface area contributed by atoms with E-state index in [-0.39, 0.29) is 11.9 Å². The van der Waals surface area contributed by atoms with Gasteiger partial charge in [-0.15, -0.1) is 0 Å². The minimum atomic E-state index is -0.194. The second kappa shape index (κ2) is 21.6. The molecule has 0 aliphatic heterocycles. The molecule has 1 rings (SSSR count). The topological polar surface area (TPSA) is 41.1 Å². The van der Waals surface area contributed by atoms with Crippen LogP contribution in [0, 0.1) is 5.92 Å². The SMILES string of the molecule is CCCCC(CCCCCCCCCC(C)C)c1cccc(CC(NC[B]C(C)CCC)C(=O)NC)c1. The standard InChI is InChI=1S/C33H60BN2O/c1-7-9-21-30(22-16-14-12-10-11-13-15-19-27(3)4)31-23-17-20-29(24-31)25-32(33(37)35-6)36-26-34-28(5)18-8-2/h17,20,23-24,27-28,30,32,36H,7-16,18-19,21-22,25-26H2,1-6H3,(H,35,37). The molecule has 3 unspecified atom stereocenters. The lowest BCUT2D eigenvalue weighted by Crippen LogP contribution is -2.46. The van der Waals surface area contributed by atoms with Gasteiger partial charge in [0.2, 0.25) is 5.91 Å². The van der Waals surface area contributed by atoms with Crippen LogP contribution in [0.25, 0.3) is 0 Å². The predicted molar refractivity (Wildman–Crippen MR) is 165 cm³/mol. The smallest absolute Gasteiger partial charge is 0.237 e. The van der Waals surface area contributed by atoms with Gasteiger partial charge in [-0.25, -0.2) is 0 Å². The molecule has 3 atom stereocenters. The third kappa shape index (κ3) is 16.3. The van der Waals surface area contributed by atoms with Crippen LogP contribution in [0.1, 0.15) is 142 Å². The van der Waals surface area contributed by atoms with Crippen LogP contribution in [0.3, 0.4) is 0 Å². The number of carbonyl (C=O) groups is 1. The number of likely N-dealkylation sites (N-methyl/N-ethyl adjacent to an activating group) is 1. The molecule has 2 N–H and O–H groups in total. The van der Waals surface area contributed by atoms with Gasteiger partial charge in [0.1, 0.15) is 7.28 Å². The molecule has 3 nitrogen and oxygen atoms in total. The summed E-state index contributed by atoms with van der Waals surface area (Å²) in [6.45, 7) is 11.4. The highest BCUT2D eigenvalue weighted by Gasteiger charge is 2.19. The number of amides is 1. The normalized spacial score (nSPS) is 13.9. The van der Waals surface area contributed by atoms with Crippen molar-refractivity contribution in [3.63, 3.8) is 0 Å². The lowest BCUT2D eigenvalue weighted by molar-refractivity contribution is -0.122. The fourth-order valence-electron chi connectivity index (χ4n) is 5.38. The van der Waals surface area contributed by atoms with E-state index in [4.69, 9.17) is 0 Å². The molecule has 4 heteroatoms. The Kier molecular flexibility index (Phi) is 19.7. The van der Waals surface area contributed by atoms with Crippen molar-refractivity contribution in [1.29, 1.82) is 0 Å². The van der Waals surface area contributed by atoms with Crippen LogP contribution in [0.5, 0.6) is 0 Å². The first-order valence-corrected chi connectivity index (χ1v) is 15.8.